The van der Waals surface area contributed by atoms with Gasteiger partial charge in [-0.15, -0.1) is 0 Å². The van der Waals surface area contributed by atoms with E-state index in [0.29, 0.717) is 0 Å². The van der Waals surface area contributed by atoms with E-state index < -0.39 is 25.4 Å². The molecule has 4 heteroatoms. The van der Waals surface area contributed by atoms with Crippen LogP contribution in [0.1, 0.15) is 478 Å². The van der Waals surface area contributed by atoms with Gasteiger partial charge in [-0.1, -0.05) is 482 Å². The number of benzene rings is 6. The van der Waals surface area contributed by atoms with Gasteiger partial charge in [-0.2, -0.15) is 0 Å². The minimum atomic E-state index is -2.61. The fourth-order valence-corrected chi connectivity index (χ4v) is 21.3. The van der Waals surface area contributed by atoms with Crippen molar-refractivity contribution in [2.45, 2.75) is 469 Å². The van der Waals surface area contributed by atoms with Crippen molar-refractivity contribution in [1.82, 2.24) is 0 Å². The van der Waals surface area contributed by atoms with Gasteiger partial charge >= 0.3 is 8.60 Å². The number of hydrogen-bond acceptors (Lipinski definition) is 3. The summed E-state index contributed by atoms with van der Waals surface area (Å²) >= 11 is 0. The second-order valence-electron chi connectivity index (χ2n) is 42.7. The molecule has 0 saturated carbocycles. The molecule has 0 aromatic heterocycles. The molecule has 0 aliphatic rings. The van der Waals surface area contributed by atoms with Crippen LogP contribution in [0.5, 0.6) is 0 Å². The van der Waals surface area contributed by atoms with Gasteiger partial charge in [0.25, 0.3) is 0 Å². The number of unbranched alkanes of at least 4 members (excludes halogenated alkanes) is 24. The molecule has 0 fully saturated rings. The van der Waals surface area contributed by atoms with Crippen LogP contribution in [-0.4, -0.2) is 0 Å². The minimum Gasteiger partial charge on any atom is -0.295 e. The third-order valence-electron chi connectivity index (χ3n) is 26.1. The molecule has 0 bridgehead atoms. The van der Waals surface area contributed by atoms with Gasteiger partial charge in [0.1, 0.15) is 16.8 Å². The highest BCUT2D eigenvalue weighted by Crippen LogP contribution is 2.68. The zero-order chi connectivity index (χ0) is 85.4. The van der Waals surface area contributed by atoms with Gasteiger partial charge in [0.15, 0.2) is 0 Å². The Labute approximate surface area is 713 Å². The maximum absolute atomic E-state index is 9.85. The summed E-state index contributed by atoms with van der Waals surface area (Å²) in [4.78, 5) is 0. The first-order valence-electron chi connectivity index (χ1n) is 47.6. The Bertz CT molecular complexity index is 3260. The van der Waals surface area contributed by atoms with Crippen LogP contribution in [0.2, 0.25) is 0 Å². The Morgan fingerprint density at radius 1 is 0.209 bits per heavy atom. The van der Waals surface area contributed by atoms with E-state index in [9.17, 15) is 13.6 Å². The standard InChI is InChI=1S/C111H177O3P/c1-31-37-40-43-46-49-52-55-58-61-88(34-4)109(91-70-64-82(7)76-97(91)103(13,14)15,92-71-65-83(8)77-98(92)104(16,17)18)112-115(113-110(93-72-66-84(9)78-99(93)105(19,20)21,94-73-67-85(10)79-100(94)106(22,23)24)89(35-5)62-59-56-53-50-47-44-41-38-32-2)114-111(95-74-68-86(11)80-101(95)107(25,26)27,96-75-69-87(12)81-102(96)108(28,29)30)90(36-6)63-60-57-54-51-48-45-42-39-33-3/h64-81,88-90H,31-63H2,1-30H3. The molecule has 0 spiro atoms. The maximum atomic E-state index is 9.85. The van der Waals surface area contributed by atoms with Crippen molar-refractivity contribution < 1.29 is 13.6 Å². The highest BCUT2D eigenvalue weighted by atomic mass is 31.2. The first-order chi connectivity index (χ1) is 54.1. The number of hydrogen-bond donors (Lipinski definition) is 0. The van der Waals surface area contributed by atoms with Gasteiger partial charge in [-0.3, -0.25) is 13.6 Å². The molecule has 644 valence electrons. The van der Waals surface area contributed by atoms with Gasteiger partial charge in [0.05, 0.1) is 0 Å². The summed E-state index contributed by atoms with van der Waals surface area (Å²) in [7, 11) is -2.61. The van der Waals surface area contributed by atoms with E-state index in [-0.39, 0.29) is 50.2 Å². The lowest BCUT2D eigenvalue weighted by Crippen LogP contribution is -2.47. The molecule has 0 saturated heterocycles. The molecule has 6 aromatic carbocycles. The zero-order valence-corrected chi connectivity index (χ0v) is 81.5. The van der Waals surface area contributed by atoms with Crippen molar-refractivity contribution in [1.29, 1.82) is 0 Å². The highest BCUT2D eigenvalue weighted by Gasteiger charge is 2.58. The monoisotopic (exact) mass is 1590 g/mol. The first-order valence-corrected chi connectivity index (χ1v) is 48.7. The Morgan fingerprint density at radius 2 is 0.357 bits per heavy atom. The lowest BCUT2D eigenvalue weighted by atomic mass is 9.65. The fourth-order valence-electron chi connectivity index (χ4n) is 19.5. The normalized spacial score (nSPS) is 14.2. The van der Waals surface area contributed by atoms with Crippen molar-refractivity contribution >= 4 is 8.60 Å². The average molecular weight is 1590 g/mol. The van der Waals surface area contributed by atoms with Crippen molar-refractivity contribution in [3.05, 3.63) is 209 Å². The summed E-state index contributed by atoms with van der Waals surface area (Å²) in [5.74, 6) is -0.0789. The van der Waals surface area contributed by atoms with Crippen LogP contribution in [0.3, 0.4) is 0 Å². The molecule has 0 heterocycles. The molecule has 3 nitrogen and oxygen atoms in total. The van der Waals surface area contributed by atoms with Gasteiger partial charge < -0.3 is 0 Å². The Kier molecular flexibility index (Phi) is 38.9. The third kappa shape index (κ3) is 26.8. The van der Waals surface area contributed by atoms with Crippen molar-refractivity contribution in [3.63, 3.8) is 0 Å². The topological polar surface area (TPSA) is 27.7 Å². The van der Waals surface area contributed by atoms with E-state index in [2.05, 4.69) is 317 Å². The Morgan fingerprint density at radius 3 is 0.496 bits per heavy atom. The molecule has 6 rings (SSSR count). The molecule has 0 aliphatic heterocycles. The van der Waals surface area contributed by atoms with Gasteiger partial charge in [-0.05, 0) is 197 Å². The second kappa shape index (κ2) is 45.0. The third-order valence-corrected chi connectivity index (χ3v) is 27.4. The van der Waals surface area contributed by atoms with E-state index in [1.165, 1.54) is 254 Å². The summed E-state index contributed by atoms with van der Waals surface area (Å²) in [5.41, 5.74) is 17.7. The lowest BCUT2D eigenvalue weighted by Gasteiger charge is -2.53. The van der Waals surface area contributed by atoms with Crippen molar-refractivity contribution in [3.8, 4) is 0 Å². The molecule has 3 atom stereocenters. The fraction of sp³-hybridized carbons (Fsp3) is 0.676. The minimum absolute atomic E-state index is 0.0263. The van der Waals surface area contributed by atoms with Crippen LogP contribution in [0.15, 0.2) is 109 Å². The molecule has 115 heavy (non-hydrogen) atoms. The predicted octanol–water partition coefficient (Wildman–Crippen LogP) is 35.6. The highest BCUT2D eigenvalue weighted by molar-refractivity contribution is 7.41. The van der Waals surface area contributed by atoms with Crippen LogP contribution < -0.4 is 0 Å². The van der Waals surface area contributed by atoms with E-state index in [0.717, 1.165) is 57.8 Å². The number of aryl methyl sites for hydroxylation is 6. The van der Waals surface area contributed by atoms with Crippen molar-refractivity contribution in [2.75, 3.05) is 0 Å². The largest absolute Gasteiger partial charge is 0.336 e. The summed E-state index contributed by atoms with van der Waals surface area (Å²) < 4.78 is 29.5. The summed E-state index contributed by atoms with van der Waals surface area (Å²) in [5, 5.41) is 0. The molecule has 3 unspecified atom stereocenters. The van der Waals surface area contributed by atoms with Crippen LogP contribution in [-0.2, 0) is 62.9 Å². The van der Waals surface area contributed by atoms with E-state index in [4.69, 9.17) is 0 Å². The second-order valence-corrected chi connectivity index (χ2v) is 43.7. The first kappa shape index (κ1) is 99.4. The average Bonchev–Trinajstić information content (AvgIpc) is 0.710. The molecule has 0 radical (unpaired) electrons. The van der Waals surface area contributed by atoms with Crippen LogP contribution >= 0.6 is 8.60 Å². The molecule has 6 aromatic rings. The Hall–Kier alpha value is -4.37. The SMILES string of the molecule is CCCCCCCCCCCC(CC)C(OP(OC(c1ccc(C)cc1C(C)(C)C)(c1ccc(C)cc1C(C)(C)C)C(CC)CCCCCCCCCCC)OC(c1ccc(C)cc1C(C)(C)C)(c1ccc(C)cc1C(C)(C)C)C(CC)CCCCCCCCCCC)(c1ccc(C)cc1C(C)(C)C)c1ccc(C)cc1C(C)(C)C. The van der Waals surface area contributed by atoms with Gasteiger partial charge in [0, 0.05) is 0 Å². The molecular weight excluding hydrogens is 1410 g/mol. The summed E-state index contributed by atoms with van der Waals surface area (Å²) in [6, 6.07) is 45.2. The summed E-state index contributed by atoms with van der Waals surface area (Å²) in [6.07, 6.45) is 39.7. The van der Waals surface area contributed by atoms with Crippen LogP contribution in [0.25, 0.3) is 0 Å². The van der Waals surface area contributed by atoms with Gasteiger partial charge in [0.2, 0.25) is 0 Å². The maximum Gasteiger partial charge on any atom is 0.336 e. The molecule has 0 N–H and O–H groups in total. The van der Waals surface area contributed by atoms with E-state index in [1.54, 1.807) is 0 Å². The quantitative estimate of drug-likeness (QED) is 0.0281. The lowest BCUT2D eigenvalue weighted by molar-refractivity contribution is -0.0711. The Balaban J connectivity index is 2.06. The van der Waals surface area contributed by atoms with Crippen LogP contribution in [0.4, 0.5) is 0 Å². The molecule has 0 aliphatic carbocycles. The molecular formula is C111H177O3P. The van der Waals surface area contributed by atoms with Gasteiger partial charge in [-0.25, -0.2) is 0 Å². The smallest absolute Gasteiger partial charge is 0.295 e. The summed E-state index contributed by atoms with van der Waals surface area (Å²) in [6.45, 7) is 72.8. The molecule has 0 amide bonds. The van der Waals surface area contributed by atoms with Crippen LogP contribution in [0, 0.1) is 59.3 Å². The predicted molar refractivity (Wildman–Crippen MR) is 509 cm³/mol. The van der Waals surface area contributed by atoms with E-state index >= 15 is 0 Å². The zero-order valence-electron chi connectivity index (χ0n) is 80.6. The van der Waals surface area contributed by atoms with Crippen molar-refractivity contribution in [2.24, 2.45) is 17.8 Å². The van der Waals surface area contributed by atoms with E-state index in [1.807, 2.05) is 0 Å². The number of rotatable bonds is 48.